The molecule has 1 N–H and O–H groups in total. The fraction of sp³-hybridized carbons (Fsp3) is 0.333. The van der Waals surface area contributed by atoms with Crippen LogP contribution >= 0.6 is 0 Å². The average molecular weight is 70.1 g/mol. The van der Waals surface area contributed by atoms with E-state index in [1.54, 1.807) is 0 Å². The number of nitrogens with zero attached hydrogens (tertiary/aromatic N) is 1. The minimum absolute atomic E-state index is 1.06. The SMILES string of the molecule is [CH2]C(O)C#N. The molecule has 0 aliphatic rings. The van der Waals surface area contributed by atoms with E-state index in [-0.39, 0.29) is 0 Å². The van der Waals surface area contributed by atoms with Crippen LogP contribution in [0.3, 0.4) is 0 Å². The Kier molecular flexibility index (Phi) is 1.55. The van der Waals surface area contributed by atoms with E-state index in [0.29, 0.717) is 0 Å². The zero-order chi connectivity index (χ0) is 4.28. The lowest BCUT2D eigenvalue weighted by Gasteiger charge is -1.76. The van der Waals surface area contributed by atoms with Crippen LogP contribution < -0.4 is 0 Å². The van der Waals surface area contributed by atoms with Crippen LogP contribution in [-0.2, 0) is 0 Å². The standard InChI is InChI=1S/C3H4NO/c1-3(5)2-4/h3,5H,1H2. The van der Waals surface area contributed by atoms with E-state index < -0.39 is 6.10 Å². The third kappa shape index (κ3) is 3.45. The zero-order valence-electron chi connectivity index (χ0n) is 2.68. The maximum absolute atomic E-state index is 7.89. The van der Waals surface area contributed by atoms with Crippen molar-refractivity contribution >= 4 is 0 Å². The van der Waals surface area contributed by atoms with Crippen LogP contribution in [0.5, 0.6) is 0 Å². The Bertz CT molecular complexity index is 52.4. The fourth-order valence-corrected chi connectivity index (χ4v) is 0. The van der Waals surface area contributed by atoms with Gasteiger partial charge in [0.25, 0.3) is 0 Å². The summed E-state index contributed by atoms with van der Waals surface area (Å²) in [4.78, 5) is 0. The first-order valence-electron chi connectivity index (χ1n) is 1.18. The predicted octanol–water partition coefficient (Wildman–Crippen LogP) is -0.295. The molecule has 2 heteroatoms. The van der Waals surface area contributed by atoms with Crippen molar-refractivity contribution in [3.05, 3.63) is 6.92 Å². The van der Waals surface area contributed by atoms with Gasteiger partial charge in [0.05, 0.1) is 6.07 Å². The highest BCUT2D eigenvalue weighted by molar-refractivity contribution is 4.82. The summed E-state index contributed by atoms with van der Waals surface area (Å²) in [5.41, 5.74) is 0. The molecule has 0 amide bonds. The zero-order valence-corrected chi connectivity index (χ0v) is 2.68. The first-order chi connectivity index (χ1) is 2.27. The van der Waals surface area contributed by atoms with Crippen LogP contribution in [-0.4, -0.2) is 11.2 Å². The maximum atomic E-state index is 7.89. The van der Waals surface area contributed by atoms with Crippen molar-refractivity contribution in [2.24, 2.45) is 0 Å². The summed E-state index contributed by atoms with van der Waals surface area (Å²) >= 11 is 0. The van der Waals surface area contributed by atoms with Crippen LogP contribution in [0.2, 0.25) is 0 Å². The van der Waals surface area contributed by atoms with E-state index in [2.05, 4.69) is 6.92 Å². The first-order valence-corrected chi connectivity index (χ1v) is 1.18. The normalized spacial score (nSPS) is 13.0. The van der Waals surface area contributed by atoms with Crippen molar-refractivity contribution in [3.8, 4) is 6.07 Å². The van der Waals surface area contributed by atoms with Gasteiger partial charge >= 0.3 is 0 Å². The molecule has 0 aliphatic heterocycles. The van der Waals surface area contributed by atoms with E-state index in [9.17, 15) is 0 Å². The minimum Gasteiger partial charge on any atom is -0.378 e. The van der Waals surface area contributed by atoms with Crippen LogP contribution in [0.15, 0.2) is 0 Å². The van der Waals surface area contributed by atoms with Crippen molar-refractivity contribution in [1.82, 2.24) is 0 Å². The number of aliphatic hydroxyl groups is 1. The van der Waals surface area contributed by atoms with Gasteiger partial charge in [0.2, 0.25) is 0 Å². The van der Waals surface area contributed by atoms with Crippen molar-refractivity contribution in [1.29, 1.82) is 5.26 Å². The molecule has 0 heterocycles. The molecule has 1 unspecified atom stereocenters. The molecule has 0 aromatic carbocycles. The van der Waals surface area contributed by atoms with Crippen molar-refractivity contribution in [2.75, 3.05) is 0 Å². The van der Waals surface area contributed by atoms with E-state index in [1.165, 1.54) is 6.07 Å². The van der Waals surface area contributed by atoms with E-state index in [0.717, 1.165) is 0 Å². The highest BCUT2D eigenvalue weighted by Crippen LogP contribution is 1.65. The molecule has 0 fully saturated rings. The number of hydrogen-bond acceptors (Lipinski definition) is 2. The quantitative estimate of drug-likeness (QED) is 0.398. The summed E-state index contributed by atoms with van der Waals surface area (Å²) in [6.45, 7) is 2.95. The van der Waals surface area contributed by atoms with Gasteiger partial charge in [-0.3, -0.25) is 0 Å². The molecule has 0 aromatic rings. The topological polar surface area (TPSA) is 44.0 Å². The Hall–Kier alpha value is -0.550. The van der Waals surface area contributed by atoms with Crippen molar-refractivity contribution in [3.63, 3.8) is 0 Å². The van der Waals surface area contributed by atoms with Gasteiger partial charge in [-0.05, 0) is 6.92 Å². The highest BCUT2D eigenvalue weighted by atomic mass is 16.3. The average Bonchev–Trinajstić information content (AvgIpc) is 1.38. The highest BCUT2D eigenvalue weighted by Gasteiger charge is 1.80. The van der Waals surface area contributed by atoms with Gasteiger partial charge < -0.3 is 5.11 Å². The van der Waals surface area contributed by atoms with Gasteiger partial charge in [0.15, 0.2) is 0 Å². The predicted molar refractivity (Wildman–Crippen MR) is 17.0 cm³/mol. The molecule has 0 rings (SSSR count). The lowest BCUT2D eigenvalue weighted by Crippen LogP contribution is -1.90. The third-order valence-corrected chi connectivity index (χ3v) is 0.149. The molecule has 1 atom stereocenters. The molecule has 27 valence electrons. The fourth-order valence-electron chi connectivity index (χ4n) is 0. The number of hydrogen-bond donors (Lipinski definition) is 1. The largest absolute Gasteiger partial charge is 0.378 e. The lowest BCUT2D eigenvalue weighted by molar-refractivity contribution is 0.276. The summed E-state index contributed by atoms with van der Waals surface area (Å²) in [6, 6.07) is 1.47. The smallest absolute Gasteiger partial charge is 0.140 e. The van der Waals surface area contributed by atoms with Gasteiger partial charge in [-0.25, -0.2) is 0 Å². The maximum Gasteiger partial charge on any atom is 0.140 e. The second kappa shape index (κ2) is 1.74. The third-order valence-electron chi connectivity index (χ3n) is 0.149. The Morgan fingerprint density at radius 1 is 2.00 bits per heavy atom. The second-order valence-corrected chi connectivity index (χ2v) is 0.645. The monoisotopic (exact) mass is 70.0 g/mol. The van der Waals surface area contributed by atoms with E-state index >= 15 is 0 Å². The summed E-state index contributed by atoms with van der Waals surface area (Å²) in [6.07, 6.45) is -1.06. The molecule has 5 heavy (non-hydrogen) atoms. The number of nitriles is 1. The summed E-state index contributed by atoms with van der Waals surface area (Å²) < 4.78 is 0. The molecular weight excluding hydrogens is 66.0 g/mol. The van der Waals surface area contributed by atoms with Crippen LogP contribution in [0.25, 0.3) is 0 Å². The Labute approximate surface area is 30.7 Å². The second-order valence-electron chi connectivity index (χ2n) is 0.645. The Morgan fingerprint density at radius 2 is 2.20 bits per heavy atom. The molecule has 0 aliphatic carbocycles. The minimum atomic E-state index is -1.06. The van der Waals surface area contributed by atoms with Crippen LogP contribution in [0.4, 0.5) is 0 Å². The summed E-state index contributed by atoms with van der Waals surface area (Å²) in [5, 5.41) is 15.5. The van der Waals surface area contributed by atoms with Crippen LogP contribution in [0, 0.1) is 18.3 Å². The van der Waals surface area contributed by atoms with Gasteiger partial charge in [0, 0.05) is 0 Å². The molecule has 0 saturated heterocycles. The molecule has 1 radical (unpaired) electrons. The van der Waals surface area contributed by atoms with Gasteiger partial charge in [-0.15, -0.1) is 0 Å². The van der Waals surface area contributed by atoms with Gasteiger partial charge in [0.1, 0.15) is 6.10 Å². The molecule has 0 bridgehead atoms. The Balaban J connectivity index is 2.94. The number of aliphatic hydroxyl groups excluding tert-OH is 1. The molecule has 0 saturated carbocycles. The molecule has 0 spiro atoms. The molecule has 2 nitrogen and oxygen atoms in total. The van der Waals surface area contributed by atoms with E-state index in [1.807, 2.05) is 0 Å². The van der Waals surface area contributed by atoms with Crippen molar-refractivity contribution in [2.45, 2.75) is 6.10 Å². The first kappa shape index (κ1) is 4.45. The van der Waals surface area contributed by atoms with Crippen LogP contribution in [0.1, 0.15) is 0 Å². The number of rotatable bonds is 0. The summed E-state index contributed by atoms with van der Waals surface area (Å²) in [5.74, 6) is 0. The van der Waals surface area contributed by atoms with E-state index in [4.69, 9.17) is 10.4 Å². The lowest BCUT2D eigenvalue weighted by atomic mass is 10.5. The Morgan fingerprint density at radius 3 is 2.20 bits per heavy atom. The molecule has 0 aromatic heterocycles. The van der Waals surface area contributed by atoms with Gasteiger partial charge in [-0.1, -0.05) is 0 Å². The summed E-state index contributed by atoms with van der Waals surface area (Å²) in [7, 11) is 0. The van der Waals surface area contributed by atoms with Gasteiger partial charge in [-0.2, -0.15) is 5.26 Å². The molecular formula is C3H4NO. The van der Waals surface area contributed by atoms with Crippen molar-refractivity contribution < 1.29 is 5.11 Å².